The van der Waals surface area contributed by atoms with E-state index < -0.39 is 0 Å². The average Bonchev–Trinajstić information content (AvgIpc) is 2.99. The summed E-state index contributed by atoms with van der Waals surface area (Å²) in [5, 5.41) is 10.5. The topological polar surface area (TPSA) is 75.9 Å². The van der Waals surface area contributed by atoms with Crippen molar-refractivity contribution in [3.05, 3.63) is 52.9 Å². The van der Waals surface area contributed by atoms with E-state index in [1.54, 1.807) is 0 Å². The van der Waals surface area contributed by atoms with Crippen LogP contribution in [0.15, 0.2) is 34.9 Å². The molecule has 0 radical (unpaired) electrons. The molecule has 0 atom stereocenters. The van der Waals surface area contributed by atoms with E-state index in [9.17, 15) is 0 Å². The van der Waals surface area contributed by atoms with Gasteiger partial charge in [0.1, 0.15) is 11.6 Å². The van der Waals surface area contributed by atoms with E-state index in [4.69, 9.17) is 4.52 Å². The monoisotopic (exact) mass is 337 g/mol. The highest BCUT2D eigenvalue weighted by Crippen LogP contribution is 2.26. The molecule has 3 rings (SSSR count). The molecule has 0 saturated carbocycles. The van der Waals surface area contributed by atoms with Crippen LogP contribution in [0, 0.1) is 13.8 Å². The molecule has 3 aromatic rings. The Morgan fingerprint density at radius 1 is 0.920 bits per heavy atom. The van der Waals surface area contributed by atoms with Gasteiger partial charge in [-0.3, -0.25) is 0 Å². The van der Waals surface area contributed by atoms with Crippen molar-refractivity contribution in [1.82, 2.24) is 15.1 Å². The Bertz CT molecular complexity index is 850. The molecule has 130 valence electrons. The molecule has 2 N–H and O–H groups in total. The van der Waals surface area contributed by atoms with Crippen LogP contribution in [-0.2, 0) is 12.8 Å². The van der Waals surface area contributed by atoms with Gasteiger partial charge in [-0.25, -0.2) is 4.98 Å². The molecule has 0 aliphatic rings. The van der Waals surface area contributed by atoms with Gasteiger partial charge in [0.2, 0.25) is 5.95 Å². The number of nitrogens with one attached hydrogen (secondary N) is 2. The van der Waals surface area contributed by atoms with Crippen molar-refractivity contribution >= 4 is 23.3 Å². The molecule has 25 heavy (non-hydrogen) atoms. The van der Waals surface area contributed by atoms with Gasteiger partial charge in [-0.15, -0.1) is 0 Å². The fourth-order valence-corrected chi connectivity index (χ4v) is 2.76. The van der Waals surface area contributed by atoms with Gasteiger partial charge >= 0.3 is 0 Å². The van der Waals surface area contributed by atoms with E-state index in [-0.39, 0.29) is 0 Å². The lowest BCUT2D eigenvalue weighted by atomic mass is 10.0. The number of hydrogen-bond donors (Lipinski definition) is 2. The maximum atomic E-state index is 5.08. The standard InChI is InChI=1S/C19H23N5O/c1-5-14-8-7-9-15(6-2)18(14)23-19-20-12(3)10-16(22-19)21-17-11-13(4)25-24-17/h7-11H,5-6H2,1-4H3,(H2,20,21,22,23,24). The molecular weight excluding hydrogens is 314 g/mol. The van der Waals surface area contributed by atoms with Crippen LogP contribution in [0.1, 0.15) is 36.4 Å². The third-order valence-electron chi connectivity index (χ3n) is 3.97. The maximum absolute atomic E-state index is 5.08. The van der Waals surface area contributed by atoms with E-state index >= 15 is 0 Å². The Hall–Kier alpha value is -2.89. The summed E-state index contributed by atoms with van der Waals surface area (Å²) < 4.78 is 5.08. The van der Waals surface area contributed by atoms with E-state index in [0.717, 1.165) is 30.0 Å². The van der Waals surface area contributed by atoms with Crippen LogP contribution in [0.3, 0.4) is 0 Å². The number of hydrogen-bond acceptors (Lipinski definition) is 6. The molecule has 0 unspecified atom stereocenters. The van der Waals surface area contributed by atoms with Crippen molar-refractivity contribution in [2.24, 2.45) is 0 Å². The minimum absolute atomic E-state index is 0.568. The summed E-state index contributed by atoms with van der Waals surface area (Å²) in [7, 11) is 0. The van der Waals surface area contributed by atoms with Crippen molar-refractivity contribution in [2.75, 3.05) is 10.6 Å². The molecule has 6 heteroatoms. The first kappa shape index (κ1) is 17.0. The van der Waals surface area contributed by atoms with Crippen LogP contribution in [0.2, 0.25) is 0 Å². The largest absolute Gasteiger partial charge is 0.360 e. The van der Waals surface area contributed by atoms with Crippen LogP contribution in [0.5, 0.6) is 0 Å². The number of para-hydroxylation sites is 1. The van der Waals surface area contributed by atoms with Crippen LogP contribution in [0.4, 0.5) is 23.3 Å². The summed E-state index contributed by atoms with van der Waals surface area (Å²) in [6.07, 6.45) is 1.90. The maximum Gasteiger partial charge on any atom is 0.229 e. The van der Waals surface area contributed by atoms with Crippen molar-refractivity contribution in [2.45, 2.75) is 40.5 Å². The highest BCUT2D eigenvalue weighted by Gasteiger charge is 2.10. The molecule has 2 heterocycles. The van der Waals surface area contributed by atoms with Crippen molar-refractivity contribution < 1.29 is 4.52 Å². The smallest absolute Gasteiger partial charge is 0.229 e. The van der Waals surface area contributed by atoms with Crippen molar-refractivity contribution in [1.29, 1.82) is 0 Å². The van der Waals surface area contributed by atoms with Gasteiger partial charge in [-0.2, -0.15) is 4.98 Å². The highest BCUT2D eigenvalue weighted by molar-refractivity contribution is 5.65. The zero-order chi connectivity index (χ0) is 17.8. The first-order chi connectivity index (χ1) is 12.1. The lowest BCUT2D eigenvalue weighted by molar-refractivity contribution is 0.400. The Morgan fingerprint density at radius 2 is 1.64 bits per heavy atom. The molecule has 0 saturated heterocycles. The van der Waals surface area contributed by atoms with Gasteiger partial charge < -0.3 is 15.2 Å². The van der Waals surface area contributed by atoms with Crippen LogP contribution >= 0.6 is 0 Å². The van der Waals surface area contributed by atoms with Gasteiger partial charge in [0, 0.05) is 23.5 Å². The molecule has 0 fully saturated rings. The van der Waals surface area contributed by atoms with Gasteiger partial charge in [-0.1, -0.05) is 37.2 Å². The van der Waals surface area contributed by atoms with Gasteiger partial charge in [0.15, 0.2) is 5.82 Å². The third-order valence-corrected chi connectivity index (χ3v) is 3.97. The molecule has 0 bridgehead atoms. The first-order valence-corrected chi connectivity index (χ1v) is 8.52. The second kappa shape index (κ2) is 7.34. The molecule has 0 aliphatic carbocycles. The molecule has 0 spiro atoms. The highest BCUT2D eigenvalue weighted by atomic mass is 16.5. The Balaban J connectivity index is 1.91. The fourth-order valence-electron chi connectivity index (χ4n) is 2.76. The second-order valence-corrected chi connectivity index (χ2v) is 5.95. The van der Waals surface area contributed by atoms with E-state index in [1.807, 2.05) is 26.0 Å². The number of aryl methyl sites for hydroxylation is 4. The lowest BCUT2D eigenvalue weighted by Gasteiger charge is -2.15. The zero-order valence-corrected chi connectivity index (χ0v) is 15.1. The molecule has 0 aliphatic heterocycles. The van der Waals surface area contributed by atoms with Crippen molar-refractivity contribution in [3.8, 4) is 0 Å². The van der Waals surface area contributed by atoms with Crippen LogP contribution in [0.25, 0.3) is 0 Å². The fraction of sp³-hybridized carbons (Fsp3) is 0.316. The number of rotatable bonds is 6. The average molecular weight is 337 g/mol. The molecule has 0 amide bonds. The lowest BCUT2D eigenvalue weighted by Crippen LogP contribution is -2.06. The number of anilines is 4. The minimum Gasteiger partial charge on any atom is -0.360 e. The van der Waals surface area contributed by atoms with E-state index in [1.165, 1.54) is 11.1 Å². The molecule has 6 nitrogen and oxygen atoms in total. The summed E-state index contributed by atoms with van der Waals surface area (Å²) in [4.78, 5) is 9.09. The Morgan fingerprint density at radius 3 is 2.24 bits per heavy atom. The molecular formula is C19H23N5O. The van der Waals surface area contributed by atoms with Crippen molar-refractivity contribution in [3.63, 3.8) is 0 Å². The molecule has 1 aromatic carbocycles. The predicted molar refractivity (Wildman–Crippen MR) is 99.8 cm³/mol. The van der Waals surface area contributed by atoms with Gasteiger partial charge in [0.25, 0.3) is 0 Å². The number of nitrogens with zero attached hydrogens (tertiary/aromatic N) is 3. The Labute approximate surface area is 147 Å². The van der Waals surface area contributed by atoms with E-state index in [2.05, 4.69) is 57.8 Å². The number of aromatic nitrogens is 3. The molecule has 2 aromatic heterocycles. The van der Waals surface area contributed by atoms with Crippen LogP contribution in [-0.4, -0.2) is 15.1 Å². The number of benzene rings is 1. The third kappa shape index (κ3) is 3.96. The summed E-state index contributed by atoms with van der Waals surface area (Å²) in [5.74, 6) is 2.62. The Kier molecular flexibility index (Phi) is 4.97. The second-order valence-electron chi connectivity index (χ2n) is 5.95. The zero-order valence-electron chi connectivity index (χ0n) is 15.1. The van der Waals surface area contributed by atoms with Crippen LogP contribution < -0.4 is 10.6 Å². The normalized spacial score (nSPS) is 10.7. The summed E-state index contributed by atoms with van der Waals surface area (Å²) in [6.45, 7) is 8.09. The van der Waals surface area contributed by atoms with E-state index in [0.29, 0.717) is 17.6 Å². The summed E-state index contributed by atoms with van der Waals surface area (Å²) in [6, 6.07) is 10.1. The first-order valence-electron chi connectivity index (χ1n) is 8.52. The van der Waals surface area contributed by atoms with Gasteiger partial charge in [0.05, 0.1) is 0 Å². The summed E-state index contributed by atoms with van der Waals surface area (Å²) >= 11 is 0. The quantitative estimate of drug-likeness (QED) is 0.679. The minimum atomic E-state index is 0.568. The predicted octanol–water partition coefficient (Wildman–Crippen LogP) is 4.69. The SMILES string of the molecule is CCc1cccc(CC)c1Nc1nc(C)cc(Nc2cc(C)on2)n1. The summed E-state index contributed by atoms with van der Waals surface area (Å²) in [5.41, 5.74) is 4.48. The van der Waals surface area contributed by atoms with Gasteiger partial charge in [-0.05, 0) is 37.8 Å².